The Hall–Kier alpha value is -2.35. The van der Waals surface area contributed by atoms with E-state index in [-0.39, 0.29) is 23.6 Å². The quantitative estimate of drug-likeness (QED) is 0.632. The summed E-state index contributed by atoms with van der Waals surface area (Å²) >= 11 is 5.72. The van der Waals surface area contributed by atoms with Crippen molar-refractivity contribution in [2.24, 2.45) is 5.73 Å². The molecule has 0 bridgehead atoms. The molecule has 0 saturated heterocycles. The third kappa shape index (κ3) is 5.65. The van der Waals surface area contributed by atoms with Gasteiger partial charge in [-0.15, -0.1) is 0 Å². The Kier molecular flexibility index (Phi) is 5.92. The Morgan fingerprint density at radius 3 is 2.57 bits per heavy atom. The first kappa shape index (κ1) is 16.7. The number of benzene rings is 1. The summed E-state index contributed by atoms with van der Waals surface area (Å²) in [6, 6.07) is 1.19. The maximum absolute atomic E-state index is 12.8. The van der Waals surface area contributed by atoms with Gasteiger partial charge in [-0.3, -0.25) is 4.79 Å². The number of urea groups is 1. The highest BCUT2D eigenvalue weighted by molar-refractivity contribution is 6.33. The number of primary amides is 1. The van der Waals surface area contributed by atoms with Crippen molar-refractivity contribution in [2.45, 2.75) is 18.9 Å². The fourth-order valence-electron chi connectivity index (χ4n) is 1.45. The van der Waals surface area contributed by atoms with Crippen molar-refractivity contribution in [1.29, 1.82) is 0 Å². The predicted octanol–water partition coefficient (Wildman–Crippen LogP) is 1.32. The van der Waals surface area contributed by atoms with Gasteiger partial charge in [-0.2, -0.15) is 0 Å². The second kappa shape index (κ2) is 7.44. The van der Waals surface area contributed by atoms with Crippen molar-refractivity contribution in [3.8, 4) is 0 Å². The third-order valence-corrected chi connectivity index (χ3v) is 2.77. The Labute approximate surface area is 124 Å². The number of carbonyl (C=O) groups is 3. The van der Waals surface area contributed by atoms with Gasteiger partial charge in [-0.05, 0) is 24.6 Å². The number of nitrogens with one attached hydrogen (secondary N) is 2. The SMILES string of the molecule is NC(=O)CC[C@H](NC(=O)Nc1ccc(F)cc1Cl)C(=O)O. The summed E-state index contributed by atoms with van der Waals surface area (Å²) in [5, 5.41) is 13.3. The van der Waals surface area contributed by atoms with Crippen molar-refractivity contribution >= 4 is 35.2 Å². The lowest BCUT2D eigenvalue weighted by atomic mass is 10.1. The van der Waals surface area contributed by atoms with Crippen LogP contribution in [0.25, 0.3) is 0 Å². The van der Waals surface area contributed by atoms with Crippen LogP contribution in [0.3, 0.4) is 0 Å². The molecule has 7 nitrogen and oxygen atoms in total. The number of rotatable bonds is 6. The van der Waals surface area contributed by atoms with E-state index in [2.05, 4.69) is 10.6 Å². The fraction of sp³-hybridized carbons (Fsp3) is 0.250. The summed E-state index contributed by atoms with van der Waals surface area (Å²) < 4.78 is 12.8. The van der Waals surface area contributed by atoms with Gasteiger partial charge in [0.2, 0.25) is 5.91 Å². The molecule has 0 heterocycles. The molecule has 21 heavy (non-hydrogen) atoms. The van der Waals surface area contributed by atoms with Crippen molar-refractivity contribution in [3.63, 3.8) is 0 Å². The molecule has 0 aliphatic heterocycles. The minimum absolute atomic E-state index is 0.0332. The maximum Gasteiger partial charge on any atom is 0.326 e. The number of hydrogen-bond donors (Lipinski definition) is 4. The molecule has 114 valence electrons. The van der Waals surface area contributed by atoms with Crippen molar-refractivity contribution < 1.29 is 23.9 Å². The van der Waals surface area contributed by atoms with Crippen LogP contribution in [0.4, 0.5) is 14.9 Å². The fourth-order valence-corrected chi connectivity index (χ4v) is 1.67. The van der Waals surface area contributed by atoms with E-state index < -0.39 is 29.8 Å². The highest BCUT2D eigenvalue weighted by atomic mass is 35.5. The van der Waals surface area contributed by atoms with E-state index in [1.165, 1.54) is 6.07 Å². The molecule has 0 radical (unpaired) electrons. The Balaban J connectivity index is 2.65. The number of hydrogen-bond acceptors (Lipinski definition) is 3. The maximum atomic E-state index is 12.8. The van der Waals surface area contributed by atoms with E-state index >= 15 is 0 Å². The molecule has 0 aliphatic rings. The summed E-state index contributed by atoms with van der Waals surface area (Å²) in [5.41, 5.74) is 5.04. The van der Waals surface area contributed by atoms with Crippen LogP contribution < -0.4 is 16.4 Å². The highest BCUT2D eigenvalue weighted by Crippen LogP contribution is 2.22. The molecule has 5 N–H and O–H groups in total. The number of amides is 3. The number of halogens is 2. The number of aliphatic carboxylic acids is 1. The predicted molar refractivity (Wildman–Crippen MR) is 73.4 cm³/mol. The van der Waals surface area contributed by atoms with E-state index in [0.717, 1.165) is 12.1 Å². The second-order valence-electron chi connectivity index (χ2n) is 4.12. The summed E-state index contributed by atoms with van der Waals surface area (Å²) in [5.74, 6) is -2.56. The normalized spacial score (nSPS) is 11.5. The first-order valence-electron chi connectivity index (χ1n) is 5.83. The first-order chi connectivity index (χ1) is 9.79. The van der Waals surface area contributed by atoms with Crippen molar-refractivity contribution in [2.75, 3.05) is 5.32 Å². The molecule has 0 unspecified atom stereocenters. The lowest BCUT2D eigenvalue weighted by Gasteiger charge is -2.15. The molecule has 1 aromatic carbocycles. The zero-order valence-corrected chi connectivity index (χ0v) is 11.5. The average molecular weight is 318 g/mol. The van der Waals surface area contributed by atoms with Gasteiger partial charge in [-0.1, -0.05) is 11.6 Å². The third-order valence-electron chi connectivity index (χ3n) is 2.46. The number of carboxylic acids is 1. The summed E-state index contributed by atoms with van der Waals surface area (Å²) in [4.78, 5) is 33.2. The molecule has 3 amide bonds. The van der Waals surface area contributed by atoms with Gasteiger partial charge < -0.3 is 21.5 Å². The number of carbonyl (C=O) groups excluding carboxylic acids is 2. The second-order valence-corrected chi connectivity index (χ2v) is 4.53. The smallest absolute Gasteiger partial charge is 0.326 e. The van der Waals surface area contributed by atoms with Crippen LogP contribution in [-0.2, 0) is 9.59 Å². The van der Waals surface area contributed by atoms with Crippen LogP contribution in [0, 0.1) is 5.82 Å². The van der Waals surface area contributed by atoms with E-state index in [1.807, 2.05) is 0 Å². The molecule has 0 saturated carbocycles. The van der Waals surface area contributed by atoms with Crippen LogP contribution in [0.15, 0.2) is 18.2 Å². The van der Waals surface area contributed by atoms with Gasteiger partial charge in [0.1, 0.15) is 11.9 Å². The highest BCUT2D eigenvalue weighted by Gasteiger charge is 2.20. The largest absolute Gasteiger partial charge is 0.480 e. The van der Waals surface area contributed by atoms with Gasteiger partial charge in [-0.25, -0.2) is 14.0 Å². The van der Waals surface area contributed by atoms with Crippen LogP contribution in [0.5, 0.6) is 0 Å². The first-order valence-corrected chi connectivity index (χ1v) is 6.21. The van der Waals surface area contributed by atoms with Crippen LogP contribution >= 0.6 is 11.6 Å². The zero-order valence-electron chi connectivity index (χ0n) is 10.7. The summed E-state index contributed by atoms with van der Waals surface area (Å²) in [7, 11) is 0. The standard InChI is InChI=1S/C12H13ClFN3O4/c13-7-5-6(14)1-2-8(7)16-12(21)17-9(11(19)20)3-4-10(15)18/h1-2,5,9H,3-4H2,(H2,15,18)(H,19,20)(H2,16,17,21)/t9-/m0/s1. The molecule has 1 rings (SSSR count). The molecular weight excluding hydrogens is 305 g/mol. The van der Waals surface area contributed by atoms with Gasteiger partial charge in [0.15, 0.2) is 0 Å². The Morgan fingerprint density at radius 1 is 1.38 bits per heavy atom. The van der Waals surface area contributed by atoms with Crippen LogP contribution in [0.1, 0.15) is 12.8 Å². The topological polar surface area (TPSA) is 122 Å². The molecule has 0 aromatic heterocycles. The van der Waals surface area contributed by atoms with Crippen LogP contribution in [0.2, 0.25) is 5.02 Å². The van der Waals surface area contributed by atoms with Crippen molar-refractivity contribution in [1.82, 2.24) is 5.32 Å². The molecular formula is C12H13ClFN3O4. The summed E-state index contributed by atoms with van der Waals surface area (Å²) in [6.07, 6.45) is -0.330. The number of anilines is 1. The number of nitrogens with two attached hydrogens (primary N) is 1. The van der Waals surface area contributed by atoms with Gasteiger partial charge in [0.05, 0.1) is 10.7 Å². The lowest BCUT2D eigenvalue weighted by molar-refractivity contribution is -0.139. The van der Waals surface area contributed by atoms with E-state index in [1.54, 1.807) is 0 Å². The van der Waals surface area contributed by atoms with Gasteiger partial charge >= 0.3 is 12.0 Å². The summed E-state index contributed by atoms with van der Waals surface area (Å²) in [6.45, 7) is 0. The van der Waals surface area contributed by atoms with Gasteiger partial charge in [0, 0.05) is 6.42 Å². The number of carboxylic acid groups (broad SMARTS) is 1. The van der Waals surface area contributed by atoms with E-state index in [0.29, 0.717) is 0 Å². The molecule has 1 atom stereocenters. The minimum Gasteiger partial charge on any atom is -0.480 e. The monoisotopic (exact) mass is 317 g/mol. The molecule has 0 fully saturated rings. The minimum atomic E-state index is -1.31. The van der Waals surface area contributed by atoms with Crippen molar-refractivity contribution in [3.05, 3.63) is 29.0 Å². The van der Waals surface area contributed by atoms with Gasteiger partial charge in [0.25, 0.3) is 0 Å². The molecule has 1 aromatic rings. The van der Waals surface area contributed by atoms with Crippen LogP contribution in [-0.4, -0.2) is 29.1 Å². The Morgan fingerprint density at radius 2 is 2.05 bits per heavy atom. The Bertz CT molecular complexity index is 567. The molecule has 0 spiro atoms. The van der Waals surface area contributed by atoms with E-state index in [4.69, 9.17) is 22.4 Å². The zero-order chi connectivity index (χ0) is 16.0. The molecule has 0 aliphatic carbocycles. The van der Waals surface area contributed by atoms with E-state index in [9.17, 15) is 18.8 Å². The molecule has 9 heteroatoms. The average Bonchev–Trinajstić information content (AvgIpc) is 2.37. The lowest BCUT2D eigenvalue weighted by Crippen LogP contribution is -2.43.